The van der Waals surface area contributed by atoms with Gasteiger partial charge in [0.1, 0.15) is 0 Å². The van der Waals surface area contributed by atoms with Gasteiger partial charge < -0.3 is 10.1 Å². The fourth-order valence-electron chi connectivity index (χ4n) is 3.59. The van der Waals surface area contributed by atoms with Crippen molar-refractivity contribution in [3.63, 3.8) is 0 Å². The molecular formula is C22H26N4O2. The topological polar surface area (TPSA) is 69.0 Å². The van der Waals surface area contributed by atoms with E-state index < -0.39 is 0 Å². The minimum Gasteiger partial charge on any atom is -0.377 e. The molecule has 1 N–H and O–H groups in total. The molecule has 1 fully saturated rings. The van der Waals surface area contributed by atoms with E-state index in [1.807, 2.05) is 51.2 Å². The molecule has 1 aromatic carbocycles. The van der Waals surface area contributed by atoms with Gasteiger partial charge in [0.2, 0.25) is 0 Å². The Labute approximate surface area is 164 Å². The van der Waals surface area contributed by atoms with Crippen LogP contribution in [0.1, 0.15) is 58.6 Å². The number of aromatic nitrogens is 3. The van der Waals surface area contributed by atoms with Gasteiger partial charge in [-0.1, -0.05) is 24.3 Å². The fourth-order valence-corrected chi connectivity index (χ4v) is 3.59. The van der Waals surface area contributed by atoms with E-state index in [4.69, 9.17) is 9.72 Å². The van der Waals surface area contributed by atoms with E-state index in [2.05, 4.69) is 10.4 Å². The summed E-state index contributed by atoms with van der Waals surface area (Å²) in [6, 6.07) is 10.0. The molecule has 28 heavy (non-hydrogen) atoms. The summed E-state index contributed by atoms with van der Waals surface area (Å²) in [5, 5.41) is 8.41. The first-order valence-electron chi connectivity index (χ1n) is 9.85. The molecule has 1 saturated carbocycles. The molecule has 146 valence electrons. The average Bonchev–Trinajstić information content (AvgIpc) is 3.51. The van der Waals surface area contributed by atoms with Crippen LogP contribution >= 0.6 is 0 Å². The normalized spacial score (nSPS) is 13.8. The molecule has 4 rings (SSSR count). The Balaban J connectivity index is 1.61. The van der Waals surface area contributed by atoms with Gasteiger partial charge in [-0.05, 0) is 43.9 Å². The maximum absolute atomic E-state index is 13.1. The fraction of sp³-hybridized carbons (Fsp3) is 0.409. The predicted octanol–water partition coefficient (Wildman–Crippen LogP) is 3.62. The highest BCUT2D eigenvalue weighted by atomic mass is 16.5. The summed E-state index contributed by atoms with van der Waals surface area (Å²) in [6.07, 6.45) is 2.28. The van der Waals surface area contributed by atoms with Gasteiger partial charge in [0.25, 0.3) is 5.91 Å². The van der Waals surface area contributed by atoms with Crippen LogP contribution in [-0.2, 0) is 24.9 Å². The van der Waals surface area contributed by atoms with Crippen LogP contribution in [-0.4, -0.2) is 27.3 Å². The summed E-state index contributed by atoms with van der Waals surface area (Å²) in [7, 11) is 1.88. The number of benzene rings is 1. The van der Waals surface area contributed by atoms with Crippen molar-refractivity contribution in [1.82, 2.24) is 20.1 Å². The summed E-state index contributed by atoms with van der Waals surface area (Å²) in [5.41, 5.74) is 5.44. The Morgan fingerprint density at radius 1 is 1.29 bits per heavy atom. The number of pyridine rings is 1. The largest absolute Gasteiger partial charge is 0.377 e. The van der Waals surface area contributed by atoms with Crippen molar-refractivity contribution in [2.24, 2.45) is 7.05 Å². The molecule has 0 saturated heterocycles. The minimum atomic E-state index is -0.0865. The molecule has 0 atom stereocenters. The SMILES string of the molecule is CCOCc1ccccc1CNC(=O)c1cc(C2CC2)nc2c1c(C)nn2C. The van der Waals surface area contributed by atoms with Gasteiger partial charge in [-0.25, -0.2) is 4.98 Å². The highest BCUT2D eigenvalue weighted by Crippen LogP contribution is 2.40. The van der Waals surface area contributed by atoms with E-state index in [-0.39, 0.29) is 5.91 Å². The number of ether oxygens (including phenoxy) is 1. The molecule has 0 spiro atoms. The summed E-state index contributed by atoms with van der Waals surface area (Å²) >= 11 is 0. The third-order valence-electron chi connectivity index (χ3n) is 5.25. The Kier molecular flexibility index (Phi) is 5.13. The van der Waals surface area contributed by atoms with Crippen molar-refractivity contribution in [1.29, 1.82) is 0 Å². The van der Waals surface area contributed by atoms with Crippen LogP contribution < -0.4 is 5.32 Å². The second-order valence-corrected chi connectivity index (χ2v) is 7.37. The van der Waals surface area contributed by atoms with Crippen molar-refractivity contribution in [2.45, 2.75) is 45.8 Å². The van der Waals surface area contributed by atoms with Crippen LogP contribution in [0.15, 0.2) is 30.3 Å². The second-order valence-electron chi connectivity index (χ2n) is 7.37. The molecule has 6 nitrogen and oxygen atoms in total. The quantitative estimate of drug-likeness (QED) is 0.682. The zero-order chi connectivity index (χ0) is 19.7. The first-order chi connectivity index (χ1) is 13.6. The number of amides is 1. The highest BCUT2D eigenvalue weighted by Gasteiger charge is 2.28. The lowest BCUT2D eigenvalue weighted by atomic mass is 10.1. The maximum Gasteiger partial charge on any atom is 0.252 e. The number of aryl methyl sites for hydroxylation is 2. The zero-order valence-corrected chi connectivity index (χ0v) is 16.7. The maximum atomic E-state index is 13.1. The van der Waals surface area contributed by atoms with Crippen LogP contribution in [0.4, 0.5) is 0 Å². The Morgan fingerprint density at radius 3 is 2.75 bits per heavy atom. The summed E-state index contributed by atoms with van der Waals surface area (Å²) in [6.45, 7) is 5.58. The molecule has 0 radical (unpaired) electrons. The lowest BCUT2D eigenvalue weighted by Gasteiger charge is -2.12. The molecule has 2 aromatic heterocycles. The predicted molar refractivity (Wildman–Crippen MR) is 108 cm³/mol. The number of fused-ring (bicyclic) bond motifs is 1. The third-order valence-corrected chi connectivity index (χ3v) is 5.25. The lowest BCUT2D eigenvalue weighted by Crippen LogP contribution is -2.24. The van der Waals surface area contributed by atoms with E-state index >= 15 is 0 Å². The smallest absolute Gasteiger partial charge is 0.252 e. The van der Waals surface area contributed by atoms with Gasteiger partial charge in [0.05, 0.1) is 23.3 Å². The van der Waals surface area contributed by atoms with Gasteiger partial charge in [0.15, 0.2) is 5.65 Å². The number of rotatable bonds is 7. The third kappa shape index (κ3) is 3.64. The van der Waals surface area contributed by atoms with E-state index in [9.17, 15) is 4.79 Å². The summed E-state index contributed by atoms with van der Waals surface area (Å²) in [5.74, 6) is 0.384. The monoisotopic (exact) mass is 378 g/mol. The highest BCUT2D eigenvalue weighted by molar-refractivity contribution is 6.06. The van der Waals surface area contributed by atoms with E-state index in [1.54, 1.807) is 4.68 Å². The lowest BCUT2D eigenvalue weighted by molar-refractivity contribution is 0.0951. The molecule has 1 amide bonds. The number of hydrogen-bond donors (Lipinski definition) is 1. The van der Waals surface area contributed by atoms with Crippen molar-refractivity contribution < 1.29 is 9.53 Å². The summed E-state index contributed by atoms with van der Waals surface area (Å²) in [4.78, 5) is 17.9. The molecule has 3 aromatic rings. The molecule has 2 heterocycles. The van der Waals surface area contributed by atoms with Crippen LogP contribution in [0.3, 0.4) is 0 Å². The molecule has 1 aliphatic carbocycles. The van der Waals surface area contributed by atoms with Crippen molar-refractivity contribution in [3.8, 4) is 0 Å². The second kappa shape index (κ2) is 7.72. The zero-order valence-electron chi connectivity index (χ0n) is 16.7. The van der Waals surface area contributed by atoms with Crippen molar-refractivity contribution in [3.05, 3.63) is 58.4 Å². The summed E-state index contributed by atoms with van der Waals surface area (Å²) < 4.78 is 7.31. The van der Waals surface area contributed by atoms with Crippen molar-refractivity contribution in [2.75, 3.05) is 6.61 Å². The molecule has 6 heteroatoms. The number of carbonyl (C=O) groups is 1. The van der Waals surface area contributed by atoms with E-state index in [1.165, 1.54) is 0 Å². The minimum absolute atomic E-state index is 0.0865. The van der Waals surface area contributed by atoms with E-state index in [0.29, 0.717) is 31.2 Å². The van der Waals surface area contributed by atoms with Gasteiger partial charge in [-0.15, -0.1) is 0 Å². The van der Waals surface area contributed by atoms with Crippen molar-refractivity contribution >= 4 is 16.9 Å². The van der Waals surface area contributed by atoms with Crippen LogP contribution in [0, 0.1) is 6.92 Å². The van der Waals surface area contributed by atoms with Crippen LogP contribution in [0.5, 0.6) is 0 Å². The van der Waals surface area contributed by atoms with Gasteiger partial charge in [-0.3, -0.25) is 9.48 Å². The average molecular weight is 378 g/mol. The van der Waals surface area contributed by atoms with Gasteiger partial charge >= 0.3 is 0 Å². The Bertz CT molecular complexity index is 1020. The molecular weight excluding hydrogens is 352 g/mol. The number of carbonyl (C=O) groups excluding carboxylic acids is 1. The number of nitrogens with zero attached hydrogens (tertiary/aromatic N) is 3. The number of hydrogen-bond acceptors (Lipinski definition) is 4. The standard InChI is InChI=1S/C22H26N4O2/c1-4-28-13-17-8-6-5-7-16(17)12-23-22(27)18-11-19(15-9-10-15)24-21-20(18)14(2)25-26(21)3/h5-8,11,15H,4,9-10,12-13H2,1-3H3,(H,23,27). The van der Waals surface area contributed by atoms with Crippen LogP contribution in [0.25, 0.3) is 11.0 Å². The van der Waals surface area contributed by atoms with Gasteiger partial charge in [0, 0.05) is 31.8 Å². The molecule has 0 bridgehead atoms. The molecule has 0 unspecified atom stereocenters. The Morgan fingerprint density at radius 2 is 2.04 bits per heavy atom. The number of nitrogens with one attached hydrogen (secondary N) is 1. The molecule has 1 aliphatic rings. The van der Waals surface area contributed by atoms with Crippen LogP contribution in [0.2, 0.25) is 0 Å². The first kappa shape index (κ1) is 18.6. The van der Waals surface area contributed by atoms with Gasteiger partial charge in [-0.2, -0.15) is 5.10 Å². The molecule has 0 aliphatic heterocycles. The van der Waals surface area contributed by atoms with E-state index in [0.717, 1.165) is 46.4 Å². The Hall–Kier alpha value is -2.73. The first-order valence-corrected chi connectivity index (χ1v) is 9.85.